The molecule has 0 aliphatic rings. The monoisotopic (exact) mass is 349 g/mol. The minimum Gasteiger partial charge on any atom is -0.478 e. The smallest absolute Gasteiger partial charge is 0.338 e. The Labute approximate surface area is 128 Å². The number of aromatic nitrogens is 1. The van der Waals surface area contributed by atoms with Crippen molar-refractivity contribution in [2.45, 2.75) is 17.6 Å². The third kappa shape index (κ3) is 3.39. The van der Waals surface area contributed by atoms with Crippen molar-refractivity contribution in [2.24, 2.45) is 0 Å². The first-order valence-electron chi connectivity index (χ1n) is 5.57. The van der Waals surface area contributed by atoms with Crippen LogP contribution < -0.4 is 0 Å². The van der Waals surface area contributed by atoms with Gasteiger partial charge in [-0.1, -0.05) is 11.6 Å². The van der Waals surface area contributed by atoms with Crippen LogP contribution in [-0.4, -0.2) is 24.5 Å². The molecule has 21 heavy (non-hydrogen) atoms. The summed E-state index contributed by atoms with van der Waals surface area (Å²) in [6, 6.07) is 1.77. The molecule has 0 spiro atoms. The summed E-state index contributed by atoms with van der Waals surface area (Å²) in [4.78, 5) is 14.2. The summed E-state index contributed by atoms with van der Waals surface area (Å²) < 4.78 is 38.5. The van der Waals surface area contributed by atoms with Crippen molar-refractivity contribution in [1.82, 2.24) is 4.98 Å². The van der Waals surface area contributed by atoms with E-state index in [0.29, 0.717) is 5.01 Å². The van der Waals surface area contributed by atoms with Gasteiger partial charge in [-0.2, -0.15) is 0 Å². The lowest BCUT2D eigenvalue weighted by Crippen LogP contribution is -2.11. The normalized spacial score (nSPS) is 11.6. The summed E-state index contributed by atoms with van der Waals surface area (Å²) in [6.07, 6.45) is 0. The van der Waals surface area contributed by atoms with E-state index in [9.17, 15) is 17.6 Å². The second kappa shape index (κ2) is 5.70. The summed E-state index contributed by atoms with van der Waals surface area (Å²) in [5, 5.41) is 10.9. The minimum atomic E-state index is -4.09. The quantitative estimate of drug-likeness (QED) is 0.917. The van der Waals surface area contributed by atoms with Crippen molar-refractivity contribution in [3.05, 3.63) is 44.6 Å². The van der Waals surface area contributed by atoms with Crippen LogP contribution in [0.25, 0.3) is 0 Å². The molecule has 2 rings (SSSR count). The molecule has 112 valence electrons. The molecule has 0 aliphatic heterocycles. The molecule has 0 radical (unpaired) electrons. The largest absolute Gasteiger partial charge is 0.478 e. The fourth-order valence-electron chi connectivity index (χ4n) is 1.69. The highest BCUT2D eigenvalue weighted by molar-refractivity contribution is 7.90. The average molecular weight is 350 g/mol. The van der Waals surface area contributed by atoms with Gasteiger partial charge in [0.1, 0.15) is 4.90 Å². The fourth-order valence-corrected chi connectivity index (χ4v) is 4.08. The summed E-state index contributed by atoms with van der Waals surface area (Å²) >= 11 is 6.94. The number of hydrogen-bond acceptors (Lipinski definition) is 5. The zero-order valence-electron chi connectivity index (χ0n) is 10.6. The number of aromatic carboxylic acids is 1. The van der Waals surface area contributed by atoms with Crippen LogP contribution in [0.5, 0.6) is 0 Å². The number of sulfone groups is 1. The van der Waals surface area contributed by atoms with Crippen LogP contribution in [0.15, 0.2) is 22.4 Å². The van der Waals surface area contributed by atoms with E-state index in [1.165, 1.54) is 11.3 Å². The first-order chi connectivity index (χ1) is 9.70. The molecule has 0 amide bonds. The Morgan fingerprint density at radius 1 is 1.48 bits per heavy atom. The second-order valence-corrected chi connectivity index (χ2v) is 7.64. The third-order valence-electron chi connectivity index (χ3n) is 2.57. The molecule has 0 fully saturated rings. The molecular formula is C12H9ClFNO4S2. The maximum atomic E-state index is 14.1. The molecule has 0 unspecified atom stereocenters. The van der Waals surface area contributed by atoms with Crippen molar-refractivity contribution >= 4 is 38.7 Å². The Balaban J connectivity index is 2.52. The number of hydrogen-bond donors (Lipinski definition) is 1. The van der Waals surface area contributed by atoms with E-state index in [4.69, 9.17) is 16.7 Å². The van der Waals surface area contributed by atoms with Crippen molar-refractivity contribution in [2.75, 3.05) is 0 Å². The molecule has 1 N–H and O–H groups in total. The van der Waals surface area contributed by atoms with Gasteiger partial charge in [0.25, 0.3) is 0 Å². The van der Waals surface area contributed by atoms with Gasteiger partial charge in [0.15, 0.2) is 15.7 Å². The number of carboxylic acids is 1. The Kier molecular flexibility index (Phi) is 4.31. The number of carbonyl (C=O) groups is 1. The van der Waals surface area contributed by atoms with Crippen molar-refractivity contribution in [1.29, 1.82) is 0 Å². The third-order valence-corrected chi connectivity index (χ3v) is 5.26. The molecule has 0 aliphatic carbocycles. The molecule has 1 aromatic heterocycles. The fraction of sp³-hybridized carbons (Fsp3) is 0.167. The maximum Gasteiger partial charge on any atom is 0.338 e. The summed E-state index contributed by atoms with van der Waals surface area (Å²) in [5.74, 6) is -3.43. The highest BCUT2D eigenvalue weighted by Crippen LogP contribution is 2.26. The van der Waals surface area contributed by atoms with Crippen LogP contribution >= 0.6 is 22.9 Å². The number of nitrogens with zero attached hydrogens (tertiary/aromatic N) is 1. The molecule has 1 heterocycles. The van der Waals surface area contributed by atoms with Crippen LogP contribution in [-0.2, 0) is 15.6 Å². The van der Waals surface area contributed by atoms with Gasteiger partial charge in [-0.25, -0.2) is 22.6 Å². The van der Waals surface area contributed by atoms with E-state index in [0.717, 1.165) is 12.1 Å². The van der Waals surface area contributed by atoms with Gasteiger partial charge in [-0.3, -0.25) is 0 Å². The zero-order chi connectivity index (χ0) is 15.8. The topological polar surface area (TPSA) is 84.3 Å². The number of benzene rings is 1. The van der Waals surface area contributed by atoms with Crippen molar-refractivity contribution < 1.29 is 22.7 Å². The predicted molar refractivity (Wildman–Crippen MR) is 76.1 cm³/mol. The zero-order valence-corrected chi connectivity index (χ0v) is 13.0. The lowest BCUT2D eigenvalue weighted by Gasteiger charge is -2.07. The number of carboxylic acid groups (broad SMARTS) is 1. The molecule has 5 nitrogen and oxygen atoms in total. The van der Waals surface area contributed by atoms with Crippen LogP contribution in [0.4, 0.5) is 4.39 Å². The summed E-state index contributed by atoms with van der Waals surface area (Å²) in [5.41, 5.74) is -0.510. The van der Waals surface area contributed by atoms with E-state index < -0.39 is 37.8 Å². The Hall–Kier alpha value is -1.51. The summed E-state index contributed by atoms with van der Waals surface area (Å²) in [6.45, 7) is 1.71. The summed E-state index contributed by atoms with van der Waals surface area (Å²) in [7, 11) is -4.09. The number of aryl methyl sites for hydroxylation is 1. The lowest BCUT2D eigenvalue weighted by molar-refractivity contribution is 0.0691. The highest BCUT2D eigenvalue weighted by Gasteiger charge is 2.26. The number of rotatable bonds is 4. The van der Waals surface area contributed by atoms with Gasteiger partial charge in [-0.15, -0.1) is 11.3 Å². The van der Waals surface area contributed by atoms with Crippen molar-refractivity contribution in [3.8, 4) is 0 Å². The van der Waals surface area contributed by atoms with Crippen LogP contribution in [0.1, 0.15) is 21.1 Å². The molecule has 0 saturated carbocycles. The van der Waals surface area contributed by atoms with E-state index in [1.807, 2.05) is 0 Å². The van der Waals surface area contributed by atoms with E-state index >= 15 is 0 Å². The van der Waals surface area contributed by atoms with E-state index in [-0.39, 0.29) is 10.7 Å². The molecule has 0 saturated heterocycles. The van der Waals surface area contributed by atoms with Crippen LogP contribution in [0, 0.1) is 12.7 Å². The Bertz CT molecular complexity index is 817. The maximum absolute atomic E-state index is 14.1. The minimum absolute atomic E-state index is 0.165. The van der Waals surface area contributed by atoms with Gasteiger partial charge in [0, 0.05) is 10.4 Å². The average Bonchev–Trinajstić information content (AvgIpc) is 2.76. The molecule has 9 heteroatoms. The van der Waals surface area contributed by atoms with E-state index in [2.05, 4.69) is 4.98 Å². The predicted octanol–water partition coefficient (Wildman–Crippen LogP) is 2.92. The van der Waals surface area contributed by atoms with E-state index in [1.54, 1.807) is 12.3 Å². The number of thiazole rings is 1. The van der Waals surface area contributed by atoms with Crippen LogP contribution in [0.3, 0.4) is 0 Å². The van der Waals surface area contributed by atoms with Gasteiger partial charge in [0.05, 0.1) is 22.0 Å². The second-order valence-electron chi connectivity index (χ2n) is 4.19. The Morgan fingerprint density at radius 2 is 2.14 bits per heavy atom. The van der Waals surface area contributed by atoms with Gasteiger partial charge >= 0.3 is 5.97 Å². The Morgan fingerprint density at radius 3 is 2.67 bits per heavy atom. The van der Waals surface area contributed by atoms with Crippen LogP contribution in [0.2, 0.25) is 5.02 Å². The first kappa shape index (κ1) is 15.9. The molecule has 1 aromatic carbocycles. The molecule has 0 atom stereocenters. The first-order valence-corrected chi connectivity index (χ1v) is 8.48. The van der Waals surface area contributed by atoms with Gasteiger partial charge in [0.2, 0.25) is 0 Å². The van der Waals surface area contributed by atoms with Crippen molar-refractivity contribution in [3.63, 3.8) is 0 Å². The lowest BCUT2D eigenvalue weighted by atomic mass is 10.2. The highest BCUT2D eigenvalue weighted by atomic mass is 35.5. The SMILES string of the molecule is Cc1nc(CS(=O)(=O)c2cc(Cl)cc(C(=O)O)c2F)cs1. The standard InChI is InChI=1S/C12H9ClFNO4S2/c1-6-15-8(4-20-6)5-21(18,19)10-3-7(13)2-9(11(10)14)12(16)17/h2-4H,5H2,1H3,(H,16,17). The number of halogens is 2. The van der Waals surface area contributed by atoms with Gasteiger partial charge in [-0.05, 0) is 19.1 Å². The molecule has 2 aromatic rings. The van der Waals surface area contributed by atoms with Gasteiger partial charge < -0.3 is 5.11 Å². The molecular weight excluding hydrogens is 341 g/mol. The molecule has 0 bridgehead atoms.